The van der Waals surface area contributed by atoms with Gasteiger partial charge in [-0.1, -0.05) is 18.2 Å². The van der Waals surface area contributed by atoms with Gasteiger partial charge in [0.1, 0.15) is 6.04 Å². The Balaban J connectivity index is 1.80. The molecule has 0 fully saturated rings. The first-order chi connectivity index (χ1) is 11.1. The van der Waals surface area contributed by atoms with Crippen LogP contribution in [0.15, 0.2) is 55.0 Å². The van der Waals surface area contributed by atoms with Crippen LogP contribution in [0.4, 0.5) is 0 Å². The summed E-state index contributed by atoms with van der Waals surface area (Å²) < 4.78 is 0. The fourth-order valence-electron chi connectivity index (χ4n) is 2.46. The van der Waals surface area contributed by atoms with Gasteiger partial charge in [-0.05, 0) is 23.8 Å². The summed E-state index contributed by atoms with van der Waals surface area (Å²) in [5, 5.41) is 12.9. The summed E-state index contributed by atoms with van der Waals surface area (Å²) in [6.07, 6.45) is 4.93. The molecule has 2 aromatic heterocycles. The number of carbonyl (C=O) groups excluding carboxylic acids is 1. The van der Waals surface area contributed by atoms with Gasteiger partial charge in [0, 0.05) is 35.9 Å². The van der Waals surface area contributed by atoms with Gasteiger partial charge in [0.2, 0.25) is 0 Å². The molecule has 0 aliphatic heterocycles. The Morgan fingerprint density at radius 2 is 2.04 bits per heavy atom. The van der Waals surface area contributed by atoms with Gasteiger partial charge in [-0.2, -0.15) is 0 Å². The number of hydrogen-bond acceptors (Lipinski definition) is 3. The molecular weight excluding hydrogens is 294 g/mol. The molecule has 23 heavy (non-hydrogen) atoms. The standard InChI is InChI=1S/C17H15N3O3/c21-16(11-4-3-7-18-9-11)20-15(17(22)23)8-12-10-19-14-6-2-1-5-13(12)14/h1-7,9-10,15,19H,8H2,(H,20,21)(H,22,23)/t15-/m0/s1. The topological polar surface area (TPSA) is 95.1 Å². The molecule has 0 aliphatic carbocycles. The molecule has 2 heterocycles. The van der Waals surface area contributed by atoms with Crippen molar-refractivity contribution in [3.8, 4) is 0 Å². The van der Waals surface area contributed by atoms with Crippen molar-refractivity contribution in [2.24, 2.45) is 0 Å². The summed E-state index contributed by atoms with van der Waals surface area (Å²) in [5.41, 5.74) is 2.11. The van der Waals surface area contributed by atoms with E-state index in [1.54, 1.807) is 24.5 Å². The SMILES string of the molecule is O=C(N[C@@H](Cc1c[nH]c2ccccc12)C(=O)O)c1cccnc1. The number of amides is 1. The highest BCUT2D eigenvalue weighted by Gasteiger charge is 2.22. The minimum Gasteiger partial charge on any atom is -0.480 e. The van der Waals surface area contributed by atoms with Crippen molar-refractivity contribution in [2.45, 2.75) is 12.5 Å². The summed E-state index contributed by atoms with van der Waals surface area (Å²) in [7, 11) is 0. The first-order valence-corrected chi connectivity index (χ1v) is 7.14. The highest BCUT2D eigenvalue weighted by molar-refractivity contribution is 5.96. The number of rotatable bonds is 5. The van der Waals surface area contributed by atoms with Crippen molar-refractivity contribution < 1.29 is 14.7 Å². The van der Waals surface area contributed by atoms with E-state index in [0.29, 0.717) is 5.56 Å². The third-order valence-electron chi connectivity index (χ3n) is 3.63. The number of carbonyl (C=O) groups is 2. The van der Waals surface area contributed by atoms with Crippen LogP contribution < -0.4 is 5.32 Å². The molecule has 6 nitrogen and oxygen atoms in total. The van der Waals surface area contributed by atoms with E-state index < -0.39 is 17.9 Å². The van der Waals surface area contributed by atoms with Gasteiger partial charge in [-0.15, -0.1) is 0 Å². The summed E-state index contributed by atoms with van der Waals surface area (Å²) in [6.45, 7) is 0. The van der Waals surface area contributed by atoms with E-state index in [0.717, 1.165) is 16.5 Å². The number of carboxylic acid groups (broad SMARTS) is 1. The molecule has 3 rings (SSSR count). The number of pyridine rings is 1. The van der Waals surface area contributed by atoms with Crippen molar-refractivity contribution in [1.29, 1.82) is 0 Å². The zero-order chi connectivity index (χ0) is 16.2. The van der Waals surface area contributed by atoms with Crippen LogP contribution in [0.2, 0.25) is 0 Å². The van der Waals surface area contributed by atoms with Crippen molar-refractivity contribution in [1.82, 2.24) is 15.3 Å². The fourth-order valence-corrected chi connectivity index (χ4v) is 2.46. The molecule has 1 atom stereocenters. The lowest BCUT2D eigenvalue weighted by Crippen LogP contribution is -2.42. The molecule has 3 N–H and O–H groups in total. The number of aromatic nitrogens is 2. The summed E-state index contributed by atoms with van der Waals surface area (Å²) in [6, 6.07) is 9.84. The molecule has 1 aromatic carbocycles. The number of hydrogen-bond donors (Lipinski definition) is 3. The van der Waals surface area contributed by atoms with E-state index in [1.165, 1.54) is 6.20 Å². The largest absolute Gasteiger partial charge is 0.480 e. The zero-order valence-electron chi connectivity index (χ0n) is 12.2. The number of benzene rings is 1. The predicted molar refractivity (Wildman–Crippen MR) is 85.1 cm³/mol. The number of fused-ring (bicyclic) bond motifs is 1. The molecule has 0 spiro atoms. The molecule has 0 unspecified atom stereocenters. The smallest absolute Gasteiger partial charge is 0.326 e. The Labute approximate surface area is 132 Å². The number of aromatic amines is 1. The zero-order valence-corrected chi connectivity index (χ0v) is 12.2. The van der Waals surface area contributed by atoms with Crippen LogP contribution in [0.25, 0.3) is 10.9 Å². The lowest BCUT2D eigenvalue weighted by atomic mass is 10.0. The van der Waals surface area contributed by atoms with Crippen molar-refractivity contribution >= 4 is 22.8 Å². The van der Waals surface area contributed by atoms with Crippen LogP contribution in [-0.2, 0) is 11.2 Å². The van der Waals surface area contributed by atoms with Crippen LogP contribution in [0.3, 0.4) is 0 Å². The maximum atomic E-state index is 12.1. The number of carboxylic acids is 1. The van der Waals surface area contributed by atoms with Crippen molar-refractivity contribution in [3.63, 3.8) is 0 Å². The van der Waals surface area contributed by atoms with Crippen LogP contribution in [0, 0.1) is 0 Å². The quantitative estimate of drug-likeness (QED) is 0.671. The molecule has 3 aromatic rings. The van der Waals surface area contributed by atoms with Gasteiger partial charge in [0.25, 0.3) is 5.91 Å². The molecule has 0 saturated heterocycles. The van der Waals surface area contributed by atoms with Gasteiger partial charge >= 0.3 is 5.97 Å². The lowest BCUT2D eigenvalue weighted by molar-refractivity contribution is -0.139. The molecule has 6 heteroatoms. The van der Waals surface area contributed by atoms with Gasteiger partial charge in [-0.25, -0.2) is 4.79 Å². The van der Waals surface area contributed by atoms with E-state index in [9.17, 15) is 14.7 Å². The van der Waals surface area contributed by atoms with Crippen LogP contribution in [0.5, 0.6) is 0 Å². The molecule has 0 radical (unpaired) electrons. The predicted octanol–water partition coefficient (Wildman–Crippen LogP) is 1.99. The maximum Gasteiger partial charge on any atom is 0.326 e. The first-order valence-electron chi connectivity index (χ1n) is 7.14. The van der Waals surface area contributed by atoms with E-state index in [2.05, 4.69) is 15.3 Å². The normalized spacial score (nSPS) is 12.0. The summed E-state index contributed by atoms with van der Waals surface area (Å²) >= 11 is 0. The van der Waals surface area contributed by atoms with Crippen LogP contribution >= 0.6 is 0 Å². The van der Waals surface area contributed by atoms with E-state index in [-0.39, 0.29) is 6.42 Å². The number of nitrogens with zero attached hydrogens (tertiary/aromatic N) is 1. The number of para-hydroxylation sites is 1. The average Bonchev–Trinajstić information content (AvgIpc) is 2.98. The number of aliphatic carboxylic acids is 1. The van der Waals surface area contributed by atoms with Crippen LogP contribution in [0.1, 0.15) is 15.9 Å². The highest BCUT2D eigenvalue weighted by Crippen LogP contribution is 2.19. The fraction of sp³-hybridized carbons (Fsp3) is 0.118. The third-order valence-corrected chi connectivity index (χ3v) is 3.63. The monoisotopic (exact) mass is 309 g/mol. The van der Waals surface area contributed by atoms with Gasteiger partial charge in [0.15, 0.2) is 0 Å². The third kappa shape index (κ3) is 3.21. The van der Waals surface area contributed by atoms with Gasteiger partial charge in [0.05, 0.1) is 5.56 Å². The lowest BCUT2D eigenvalue weighted by Gasteiger charge is -2.14. The number of H-pyrrole nitrogens is 1. The molecule has 0 saturated carbocycles. The Morgan fingerprint density at radius 1 is 1.22 bits per heavy atom. The molecule has 0 aliphatic rings. The summed E-state index contributed by atoms with van der Waals surface area (Å²) in [5.74, 6) is -1.53. The minimum absolute atomic E-state index is 0.200. The summed E-state index contributed by atoms with van der Waals surface area (Å²) in [4.78, 5) is 30.6. The van der Waals surface area contributed by atoms with Crippen molar-refractivity contribution in [3.05, 3.63) is 66.1 Å². The maximum absolute atomic E-state index is 12.1. The second-order valence-corrected chi connectivity index (χ2v) is 5.17. The second kappa shape index (κ2) is 6.31. The van der Waals surface area contributed by atoms with E-state index in [4.69, 9.17) is 0 Å². The highest BCUT2D eigenvalue weighted by atomic mass is 16.4. The van der Waals surface area contributed by atoms with E-state index in [1.807, 2.05) is 24.3 Å². The average molecular weight is 309 g/mol. The molecule has 1 amide bonds. The Bertz CT molecular complexity index is 842. The molecular formula is C17H15N3O3. The van der Waals surface area contributed by atoms with E-state index >= 15 is 0 Å². The number of nitrogens with one attached hydrogen (secondary N) is 2. The first kappa shape index (κ1) is 14.8. The van der Waals surface area contributed by atoms with Crippen LogP contribution in [-0.4, -0.2) is 33.0 Å². The Kier molecular flexibility index (Phi) is 4.05. The Morgan fingerprint density at radius 3 is 2.78 bits per heavy atom. The minimum atomic E-state index is -1.08. The molecule has 0 bridgehead atoms. The molecule has 116 valence electrons. The van der Waals surface area contributed by atoms with Gasteiger partial charge < -0.3 is 15.4 Å². The van der Waals surface area contributed by atoms with Crippen molar-refractivity contribution in [2.75, 3.05) is 0 Å². The Hall–Kier alpha value is -3.15. The second-order valence-electron chi connectivity index (χ2n) is 5.17. The van der Waals surface area contributed by atoms with Gasteiger partial charge in [-0.3, -0.25) is 9.78 Å².